The molecule has 0 amide bonds. The van der Waals surface area contributed by atoms with Crippen molar-refractivity contribution in [3.8, 4) is 0 Å². The third kappa shape index (κ3) is 3.28. The van der Waals surface area contributed by atoms with Crippen molar-refractivity contribution in [1.29, 1.82) is 0 Å². The lowest BCUT2D eigenvalue weighted by Crippen LogP contribution is -1.93. The van der Waals surface area contributed by atoms with E-state index in [4.69, 9.17) is 0 Å². The van der Waals surface area contributed by atoms with Gasteiger partial charge in [-0.05, 0) is 16.0 Å². The predicted molar refractivity (Wildman–Crippen MR) is 63.7 cm³/mol. The number of halogens is 2. The Hall–Kier alpha value is -2.43. The summed E-state index contributed by atoms with van der Waals surface area (Å²) in [4.78, 5) is 0. The Morgan fingerprint density at radius 1 is 0.667 bits per heavy atom. The van der Waals surface area contributed by atoms with Crippen LogP contribution >= 0.6 is 0 Å². The van der Waals surface area contributed by atoms with Crippen LogP contribution in [0.3, 0.4) is 0 Å². The van der Waals surface area contributed by atoms with Gasteiger partial charge in [0.25, 0.3) is 0 Å². The van der Waals surface area contributed by atoms with E-state index in [0.717, 1.165) is 0 Å². The molecule has 0 atom stereocenters. The number of hydrogen-bond donors (Lipinski definition) is 0. The van der Waals surface area contributed by atoms with Crippen molar-refractivity contribution in [2.75, 3.05) is 0 Å². The molecule has 0 unspecified atom stereocenters. The van der Waals surface area contributed by atoms with Crippen LogP contribution in [-0.2, 0) is 0 Å². The SMILES string of the molecule is Fc1cc(F)nnn1.c1ccc2ccccc2c1. The molecule has 0 N–H and O–H groups in total. The van der Waals surface area contributed by atoms with Crippen LogP contribution in [0, 0.1) is 11.9 Å². The summed E-state index contributed by atoms with van der Waals surface area (Å²) in [5.41, 5.74) is 0. The van der Waals surface area contributed by atoms with E-state index in [2.05, 4.69) is 63.9 Å². The summed E-state index contributed by atoms with van der Waals surface area (Å²) in [6.07, 6.45) is 0. The first-order chi connectivity index (χ1) is 8.75. The van der Waals surface area contributed by atoms with Gasteiger partial charge in [0.2, 0.25) is 11.9 Å². The van der Waals surface area contributed by atoms with Crippen molar-refractivity contribution in [2.45, 2.75) is 0 Å². The number of rotatable bonds is 0. The van der Waals surface area contributed by atoms with Crippen molar-refractivity contribution in [3.05, 3.63) is 66.5 Å². The Bertz CT molecular complexity index is 561. The molecule has 18 heavy (non-hydrogen) atoms. The van der Waals surface area contributed by atoms with E-state index in [1.807, 2.05) is 0 Å². The molecule has 1 aromatic heterocycles. The first-order valence-corrected chi connectivity index (χ1v) is 5.21. The van der Waals surface area contributed by atoms with Gasteiger partial charge >= 0.3 is 0 Å². The third-order valence-corrected chi connectivity index (χ3v) is 2.18. The van der Waals surface area contributed by atoms with Crippen LogP contribution in [0.4, 0.5) is 8.78 Å². The minimum Gasteiger partial charge on any atom is -0.183 e. The zero-order chi connectivity index (χ0) is 12.8. The highest BCUT2D eigenvalue weighted by molar-refractivity contribution is 5.81. The van der Waals surface area contributed by atoms with Gasteiger partial charge in [0, 0.05) is 0 Å². The van der Waals surface area contributed by atoms with Crippen LogP contribution in [0.25, 0.3) is 10.8 Å². The van der Waals surface area contributed by atoms with Crippen LogP contribution in [0.15, 0.2) is 54.6 Å². The molecule has 0 radical (unpaired) electrons. The monoisotopic (exact) mass is 245 g/mol. The summed E-state index contributed by atoms with van der Waals surface area (Å²) in [5.74, 6) is -1.92. The number of nitrogens with zero attached hydrogens (tertiary/aromatic N) is 3. The topological polar surface area (TPSA) is 38.7 Å². The van der Waals surface area contributed by atoms with Crippen molar-refractivity contribution in [1.82, 2.24) is 15.4 Å². The van der Waals surface area contributed by atoms with Crippen LogP contribution < -0.4 is 0 Å². The quantitative estimate of drug-likeness (QED) is 0.611. The maximum absolute atomic E-state index is 11.7. The number of fused-ring (bicyclic) bond motifs is 1. The lowest BCUT2D eigenvalue weighted by atomic mass is 10.1. The highest BCUT2D eigenvalue weighted by atomic mass is 19.1. The van der Waals surface area contributed by atoms with Gasteiger partial charge in [-0.1, -0.05) is 58.7 Å². The molecule has 3 rings (SSSR count). The Balaban J connectivity index is 0.000000138. The molecule has 1 heterocycles. The van der Waals surface area contributed by atoms with Gasteiger partial charge in [-0.3, -0.25) is 0 Å². The minimum atomic E-state index is -0.961. The molecule has 0 spiro atoms. The summed E-state index contributed by atoms with van der Waals surface area (Å²) in [7, 11) is 0. The molecule has 5 heteroatoms. The molecule has 3 aromatic rings. The van der Waals surface area contributed by atoms with E-state index >= 15 is 0 Å². The highest BCUT2D eigenvalue weighted by Gasteiger charge is 1.93. The normalized spacial score (nSPS) is 9.67. The minimum absolute atomic E-state index is 0.549. The molecular weight excluding hydrogens is 236 g/mol. The Labute approximate surface area is 102 Å². The molecule has 0 fully saturated rings. The van der Waals surface area contributed by atoms with Gasteiger partial charge in [-0.25, -0.2) is 0 Å². The van der Waals surface area contributed by atoms with Gasteiger partial charge in [0.1, 0.15) is 0 Å². The third-order valence-electron chi connectivity index (χ3n) is 2.18. The lowest BCUT2D eigenvalue weighted by Gasteiger charge is -1.92. The molecule has 0 saturated heterocycles. The summed E-state index contributed by atoms with van der Waals surface area (Å²) in [6.45, 7) is 0. The lowest BCUT2D eigenvalue weighted by molar-refractivity contribution is 0.485. The van der Waals surface area contributed by atoms with Gasteiger partial charge in [-0.15, -0.1) is 0 Å². The van der Waals surface area contributed by atoms with Gasteiger partial charge in [0.15, 0.2) is 0 Å². The molecule has 0 saturated carbocycles. The Kier molecular flexibility index (Phi) is 3.86. The van der Waals surface area contributed by atoms with E-state index in [1.165, 1.54) is 10.8 Å². The van der Waals surface area contributed by atoms with Crippen molar-refractivity contribution < 1.29 is 8.78 Å². The van der Waals surface area contributed by atoms with E-state index in [0.29, 0.717) is 6.07 Å². The second-order valence-electron chi connectivity index (χ2n) is 3.43. The number of benzene rings is 2. The Morgan fingerprint density at radius 2 is 1.06 bits per heavy atom. The first kappa shape index (κ1) is 12.0. The second-order valence-corrected chi connectivity index (χ2v) is 3.43. The summed E-state index contributed by atoms with van der Waals surface area (Å²) >= 11 is 0. The molecule has 0 aliphatic rings. The molecule has 0 aliphatic heterocycles. The van der Waals surface area contributed by atoms with Gasteiger partial charge in [-0.2, -0.15) is 8.78 Å². The smallest absolute Gasteiger partial charge is 0.183 e. The summed E-state index contributed by atoms with van der Waals surface area (Å²) < 4.78 is 23.4. The van der Waals surface area contributed by atoms with Crippen molar-refractivity contribution >= 4 is 10.8 Å². The van der Waals surface area contributed by atoms with E-state index < -0.39 is 11.9 Å². The maximum atomic E-state index is 11.7. The van der Waals surface area contributed by atoms with Crippen LogP contribution in [0.5, 0.6) is 0 Å². The fourth-order valence-electron chi connectivity index (χ4n) is 1.40. The zero-order valence-electron chi connectivity index (χ0n) is 9.29. The maximum Gasteiger partial charge on any atom is 0.239 e. The van der Waals surface area contributed by atoms with Gasteiger partial charge in [0.05, 0.1) is 6.07 Å². The number of aromatic nitrogens is 3. The van der Waals surface area contributed by atoms with Crippen LogP contribution in [-0.4, -0.2) is 15.4 Å². The summed E-state index contributed by atoms with van der Waals surface area (Å²) in [5, 5.41) is 10.9. The van der Waals surface area contributed by atoms with Crippen molar-refractivity contribution in [2.24, 2.45) is 0 Å². The second kappa shape index (κ2) is 5.77. The molecule has 2 aromatic carbocycles. The zero-order valence-corrected chi connectivity index (χ0v) is 9.29. The molecule has 0 bridgehead atoms. The van der Waals surface area contributed by atoms with Gasteiger partial charge < -0.3 is 0 Å². The molecular formula is C13H9F2N3. The largest absolute Gasteiger partial charge is 0.239 e. The molecule has 90 valence electrons. The standard InChI is InChI=1S/C10H8.C3HF2N3/c1-2-6-10-8-4-3-7-9(10)5-1;4-2-1-3(5)7-8-6-2/h1-8H;1H. The van der Waals surface area contributed by atoms with E-state index in [1.54, 1.807) is 0 Å². The number of hydrogen-bond acceptors (Lipinski definition) is 3. The fourth-order valence-corrected chi connectivity index (χ4v) is 1.40. The van der Waals surface area contributed by atoms with Crippen LogP contribution in [0.1, 0.15) is 0 Å². The predicted octanol–water partition coefficient (Wildman–Crippen LogP) is 2.99. The van der Waals surface area contributed by atoms with Crippen LogP contribution in [0.2, 0.25) is 0 Å². The average molecular weight is 245 g/mol. The molecule has 0 aliphatic carbocycles. The summed E-state index contributed by atoms with van der Waals surface area (Å²) in [6, 6.07) is 17.3. The van der Waals surface area contributed by atoms with E-state index in [9.17, 15) is 8.78 Å². The molecule has 3 nitrogen and oxygen atoms in total. The van der Waals surface area contributed by atoms with Crippen molar-refractivity contribution in [3.63, 3.8) is 0 Å². The Morgan fingerprint density at radius 3 is 1.33 bits per heavy atom. The first-order valence-electron chi connectivity index (χ1n) is 5.21. The van der Waals surface area contributed by atoms with E-state index in [-0.39, 0.29) is 0 Å². The average Bonchev–Trinajstić information content (AvgIpc) is 2.39. The fraction of sp³-hybridized carbons (Fsp3) is 0. The highest BCUT2D eigenvalue weighted by Crippen LogP contribution is 2.11.